The molecule has 5 heteroatoms. The first-order valence-electron chi connectivity index (χ1n) is 7.47. The summed E-state index contributed by atoms with van der Waals surface area (Å²) in [6.07, 6.45) is 2.78. The standard InChI is InChI=1S/C15H28N4O/c1-5-18(6-2)9-7-8-17-15(20)14-10-13(16)11-19(14)12(3)4/h10-12H,5-9,16H2,1-4H3,(H,17,20). The van der Waals surface area contributed by atoms with Gasteiger partial charge < -0.3 is 20.5 Å². The van der Waals surface area contributed by atoms with Gasteiger partial charge in [-0.15, -0.1) is 0 Å². The van der Waals surface area contributed by atoms with Crippen LogP contribution in [0.3, 0.4) is 0 Å². The lowest BCUT2D eigenvalue weighted by Gasteiger charge is -2.18. The van der Waals surface area contributed by atoms with Crippen LogP contribution in [-0.2, 0) is 0 Å². The Kier molecular flexibility index (Phi) is 6.58. The van der Waals surface area contributed by atoms with Gasteiger partial charge in [0.05, 0.1) is 5.69 Å². The van der Waals surface area contributed by atoms with Crippen molar-refractivity contribution in [2.75, 3.05) is 31.9 Å². The molecule has 1 aromatic rings. The number of carbonyl (C=O) groups excluding carboxylic acids is 1. The predicted molar refractivity (Wildman–Crippen MR) is 84.0 cm³/mol. The molecule has 0 aromatic carbocycles. The van der Waals surface area contributed by atoms with E-state index in [1.165, 1.54) is 0 Å². The molecule has 1 heterocycles. The van der Waals surface area contributed by atoms with Crippen LogP contribution < -0.4 is 11.1 Å². The van der Waals surface area contributed by atoms with Crippen molar-refractivity contribution in [2.24, 2.45) is 0 Å². The maximum Gasteiger partial charge on any atom is 0.267 e. The van der Waals surface area contributed by atoms with E-state index in [0.717, 1.165) is 26.1 Å². The van der Waals surface area contributed by atoms with Gasteiger partial charge >= 0.3 is 0 Å². The molecule has 0 spiro atoms. The van der Waals surface area contributed by atoms with Crippen LogP contribution in [-0.4, -0.2) is 41.6 Å². The fourth-order valence-electron chi connectivity index (χ4n) is 2.24. The van der Waals surface area contributed by atoms with Crippen molar-refractivity contribution in [1.29, 1.82) is 0 Å². The second-order valence-electron chi connectivity index (χ2n) is 5.30. The highest BCUT2D eigenvalue weighted by molar-refractivity contribution is 5.93. The van der Waals surface area contributed by atoms with Crippen LogP contribution in [0.4, 0.5) is 5.69 Å². The highest BCUT2D eigenvalue weighted by atomic mass is 16.1. The molecule has 114 valence electrons. The summed E-state index contributed by atoms with van der Waals surface area (Å²) in [6, 6.07) is 1.96. The van der Waals surface area contributed by atoms with E-state index in [4.69, 9.17) is 5.73 Å². The van der Waals surface area contributed by atoms with Gasteiger partial charge in [0.15, 0.2) is 0 Å². The second kappa shape index (κ2) is 7.94. The zero-order valence-corrected chi connectivity index (χ0v) is 13.1. The molecule has 3 N–H and O–H groups in total. The van der Waals surface area contributed by atoms with Gasteiger partial charge in [-0.05, 0) is 46.0 Å². The Morgan fingerprint density at radius 3 is 2.60 bits per heavy atom. The van der Waals surface area contributed by atoms with Crippen molar-refractivity contribution in [3.8, 4) is 0 Å². The topological polar surface area (TPSA) is 63.3 Å². The molecule has 0 bridgehead atoms. The summed E-state index contributed by atoms with van der Waals surface area (Å²) in [4.78, 5) is 14.5. The van der Waals surface area contributed by atoms with Crippen molar-refractivity contribution in [3.05, 3.63) is 18.0 Å². The summed E-state index contributed by atoms with van der Waals surface area (Å²) in [6.45, 7) is 12.2. The quantitative estimate of drug-likeness (QED) is 0.717. The van der Waals surface area contributed by atoms with Crippen LogP contribution in [0.2, 0.25) is 0 Å². The fraction of sp³-hybridized carbons (Fsp3) is 0.667. The van der Waals surface area contributed by atoms with Gasteiger partial charge in [0.25, 0.3) is 5.91 Å². The molecule has 0 atom stereocenters. The first-order chi connectivity index (χ1) is 9.49. The van der Waals surface area contributed by atoms with E-state index in [2.05, 4.69) is 24.1 Å². The molecule has 5 nitrogen and oxygen atoms in total. The summed E-state index contributed by atoms with van der Waals surface area (Å²) >= 11 is 0. The lowest BCUT2D eigenvalue weighted by atomic mass is 10.3. The van der Waals surface area contributed by atoms with E-state index in [9.17, 15) is 4.79 Å². The van der Waals surface area contributed by atoms with E-state index >= 15 is 0 Å². The molecule has 20 heavy (non-hydrogen) atoms. The third kappa shape index (κ3) is 4.56. The minimum atomic E-state index is -0.0463. The highest BCUT2D eigenvalue weighted by Crippen LogP contribution is 2.16. The number of nitrogens with zero attached hydrogens (tertiary/aromatic N) is 2. The normalized spacial score (nSPS) is 11.3. The molecule has 0 aliphatic carbocycles. The number of nitrogens with two attached hydrogens (primary N) is 1. The Bertz CT molecular complexity index is 422. The molecule has 0 radical (unpaired) electrons. The summed E-state index contributed by atoms with van der Waals surface area (Å²) in [5.41, 5.74) is 7.05. The highest BCUT2D eigenvalue weighted by Gasteiger charge is 2.14. The molecular weight excluding hydrogens is 252 g/mol. The number of hydrogen-bond acceptors (Lipinski definition) is 3. The van der Waals surface area contributed by atoms with Gasteiger partial charge in [0, 0.05) is 18.8 Å². The zero-order valence-electron chi connectivity index (χ0n) is 13.1. The van der Waals surface area contributed by atoms with E-state index < -0.39 is 0 Å². The van der Waals surface area contributed by atoms with Gasteiger partial charge in [-0.1, -0.05) is 13.8 Å². The number of nitrogens with one attached hydrogen (secondary N) is 1. The SMILES string of the molecule is CCN(CC)CCCNC(=O)c1cc(N)cn1C(C)C. The van der Waals surface area contributed by atoms with Gasteiger partial charge in [0.2, 0.25) is 0 Å². The number of rotatable bonds is 8. The molecular formula is C15H28N4O. The Morgan fingerprint density at radius 1 is 1.40 bits per heavy atom. The van der Waals surface area contributed by atoms with Crippen LogP contribution in [0.1, 0.15) is 50.6 Å². The average Bonchev–Trinajstić information content (AvgIpc) is 2.81. The minimum absolute atomic E-state index is 0.0463. The first kappa shape index (κ1) is 16.6. The van der Waals surface area contributed by atoms with E-state index in [1.807, 2.05) is 24.6 Å². The Labute approximate surface area is 122 Å². The number of amides is 1. The van der Waals surface area contributed by atoms with Crippen LogP contribution in [0.15, 0.2) is 12.3 Å². The number of nitrogen functional groups attached to an aromatic ring is 1. The van der Waals surface area contributed by atoms with Crippen molar-refractivity contribution >= 4 is 11.6 Å². The van der Waals surface area contributed by atoms with E-state index in [1.54, 1.807) is 6.07 Å². The van der Waals surface area contributed by atoms with Crippen molar-refractivity contribution < 1.29 is 4.79 Å². The summed E-state index contributed by atoms with van der Waals surface area (Å²) in [7, 11) is 0. The number of anilines is 1. The summed E-state index contributed by atoms with van der Waals surface area (Å²) in [5.74, 6) is -0.0463. The first-order valence-corrected chi connectivity index (χ1v) is 7.47. The average molecular weight is 280 g/mol. The molecule has 0 saturated heterocycles. The van der Waals surface area contributed by atoms with Crippen molar-refractivity contribution in [3.63, 3.8) is 0 Å². The lowest BCUT2D eigenvalue weighted by molar-refractivity contribution is 0.0941. The predicted octanol–water partition coefficient (Wildman–Crippen LogP) is 2.11. The Balaban J connectivity index is 2.47. The van der Waals surface area contributed by atoms with Gasteiger partial charge in [-0.2, -0.15) is 0 Å². The van der Waals surface area contributed by atoms with Crippen LogP contribution in [0, 0.1) is 0 Å². The van der Waals surface area contributed by atoms with Crippen LogP contribution in [0.5, 0.6) is 0 Å². The largest absolute Gasteiger partial charge is 0.397 e. The molecule has 1 aromatic heterocycles. The van der Waals surface area contributed by atoms with E-state index in [-0.39, 0.29) is 11.9 Å². The third-order valence-corrected chi connectivity index (χ3v) is 3.49. The molecule has 0 aliphatic heterocycles. The second-order valence-corrected chi connectivity index (χ2v) is 5.30. The van der Waals surface area contributed by atoms with Crippen LogP contribution >= 0.6 is 0 Å². The minimum Gasteiger partial charge on any atom is -0.397 e. The number of hydrogen-bond donors (Lipinski definition) is 2. The van der Waals surface area contributed by atoms with Gasteiger partial charge in [-0.25, -0.2) is 0 Å². The maximum absolute atomic E-state index is 12.2. The van der Waals surface area contributed by atoms with E-state index in [0.29, 0.717) is 17.9 Å². The lowest BCUT2D eigenvalue weighted by Crippen LogP contribution is -2.31. The monoisotopic (exact) mass is 280 g/mol. The summed E-state index contributed by atoms with van der Waals surface area (Å²) < 4.78 is 1.91. The molecule has 0 aliphatic rings. The maximum atomic E-state index is 12.2. The van der Waals surface area contributed by atoms with Crippen molar-refractivity contribution in [1.82, 2.24) is 14.8 Å². The third-order valence-electron chi connectivity index (χ3n) is 3.49. The van der Waals surface area contributed by atoms with Gasteiger partial charge in [0.1, 0.15) is 5.69 Å². The molecule has 0 fully saturated rings. The number of carbonyl (C=O) groups is 1. The summed E-state index contributed by atoms with van der Waals surface area (Å²) in [5, 5.41) is 2.97. The molecule has 1 amide bonds. The Morgan fingerprint density at radius 2 is 2.05 bits per heavy atom. The van der Waals surface area contributed by atoms with Crippen molar-refractivity contribution in [2.45, 2.75) is 40.2 Å². The fourth-order valence-corrected chi connectivity index (χ4v) is 2.24. The van der Waals surface area contributed by atoms with Gasteiger partial charge in [-0.3, -0.25) is 4.79 Å². The smallest absolute Gasteiger partial charge is 0.267 e. The number of aromatic nitrogens is 1. The van der Waals surface area contributed by atoms with Crippen LogP contribution in [0.25, 0.3) is 0 Å². The zero-order chi connectivity index (χ0) is 15.1. The molecule has 0 unspecified atom stereocenters. The molecule has 0 saturated carbocycles. The molecule has 1 rings (SSSR count). The Hall–Kier alpha value is -1.49.